The molecule has 0 heterocycles. The normalized spacial score (nSPS) is 9.89. The van der Waals surface area contributed by atoms with Gasteiger partial charge in [0.2, 0.25) is 0 Å². The van der Waals surface area contributed by atoms with E-state index in [0.29, 0.717) is 0 Å². The fraction of sp³-hybridized carbons (Fsp3) is 0.111. The van der Waals surface area contributed by atoms with Crippen LogP contribution in [0.4, 0.5) is 0 Å². The first-order valence-electron chi connectivity index (χ1n) is 6.44. The van der Waals surface area contributed by atoms with Crippen molar-refractivity contribution in [3.8, 4) is 0 Å². The Balaban J connectivity index is 2.13. The second kappa shape index (κ2) is 6.60. The molecule has 0 unspecified atom stereocenters. The van der Waals surface area contributed by atoms with E-state index in [1.807, 2.05) is 18.2 Å². The molecular weight excluding hydrogens is 230 g/mol. The Labute approximate surface area is 115 Å². The Hall–Kier alpha value is -2.28. The standard InChI is InChI=1S/C18H19N/c1-3-16(2)19(14-17-10-6-4-7-11-17)15-18-12-8-5-9-13-18/h3-13H,1-2,14-15H2. The van der Waals surface area contributed by atoms with Crippen molar-refractivity contribution in [3.05, 3.63) is 96.7 Å². The molecule has 0 fully saturated rings. The van der Waals surface area contributed by atoms with Crippen molar-refractivity contribution in [1.82, 2.24) is 4.90 Å². The van der Waals surface area contributed by atoms with Gasteiger partial charge in [0.1, 0.15) is 0 Å². The van der Waals surface area contributed by atoms with Crippen LogP contribution >= 0.6 is 0 Å². The Morgan fingerprint density at radius 3 is 1.63 bits per heavy atom. The fourth-order valence-corrected chi connectivity index (χ4v) is 2.00. The molecule has 2 rings (SSSR count). The van der Waals surface area contributed by atoms with Gasteiger partial charge in [0, 0.05) is 18.8 Å². The van der Waals surface area contributed by atoms with Gasteiger partial charge in [-0.1, -0.05) is 73.8 Å². The van der Waals surface area contributed by atoms with E-state index < -0.39 is 0 Å². The zero-order valence-corrected chi connectivity index (χ0v) is 11.1. The lowest BCUT2D eigenvalue weighted by Gasteiger charge is -2.25. The maximum Gasteiger partial charge on any atom is 0.0433 e. The summed E-state index contributed by atoms with van der Waals surface area (Å²) in [6, 6.07) is 20.9. The average molecular weight is 249 g/mol. The molecular formula is C18H19N. The summed E-state index contributed by atoms with van der Waals surface area (Å²) in [4.78, 5) is 2.23. The molecule has 0 aromatic heterocycles. The number of rotatable bonds is 6. The largest absolute Gasteiger partial charge is 0.363 e. The third-order valence-electron chi connectivity index (χ3n) is 3.07. The number of benzene rings is 2. The van der Waals surface area contributed by atoms with Gasteiger partial charge in [-0.05, 0) is 17.2 Å². The molecule has 0 N–H and O–H groups in total. The highest BCUT2D eigenvalue weighted by Gasteiger charge is 2.07. The van der Waals surface area contributed by atoms with E-state index in [0.717, 1.165) is 18.8 Å². The maximum absolute atomic E-state index is 4.07. The summed E-state index contributed by atoms with van der Waals surface area (Å²) in [5.74, 6) is 0. The summed E-state index contributed by atoms with van der Waals surface area (Å²) in [5, 5.41) is 0. The predicted molar refractivity (Wildman–Crippen MR) is 81.5 cm³/mol. The molecule has 0 bridgehead atoms. The molecule has 0 saturated heterocycles. The van der Waals surface area contributed by atoms with E-state index in [1.165, 1.54) is 11.1 Å². The summed E-state index contributed by atoms with van der Waals surface area (Å²) < 4.78 is 0. The zero-order chi connectivity index (χ0) is 13.5. The number of hydrogen-bond acceptors (Lipinski definition) is 1. The minimum Gasteiger partial charge on any atom is -0.363 e. The Morgan fingerprint density at radius 1 is 0.842 bits per heavy atom. The molecule has 2 aromatic carbocycles. The molecule has 0 atom stereocenters. The molecule has 0 aliphatic rings. The van der Waals surface area contributed by atoms with Crippen LogP contribution < -0.4 is 0 Å². The van der Waals surface area contributed by atoms with Gasteiger partial charge in [-0.15, -0.1) is 0 Å². The van der Waals surface area contributed by atoms with E-state index >= 15 is 0 Å². The summed E-state index contributed by atoms with van der Waals surface area (Å²) in [7, 11) is 0. The molecule has 1 nitrogen and oxygen atoms in total. The second-order valence-electron chi connectivity index (χ2n) is 4.52. The molecule has 96 valence electrons. The maximum atomic E-state index is 4.07. The van der Waals surface area contributed by atoms with Crippen LogP contribution in [0.2, 0.25) is 0 Å². The van der Waals surface area contributed by atoms with Crippen molar-refractivity contribution in [2.45, 2.75) is 13.1 Å². The predicted octanol–water partition coefficient (Wildman–Crippen LogP) is 4.39. The number of allylic oxidation sites excluding steroid dienone is 1. The van der Waals surface area contributed by atoms with Crippen LogP contribution in [-0.4, -0.2) is 4.90 Å². The highest BCUT2D eigenvalue weighted by molar-refractivity contribution is 5.21. The van der Waals surface area contributed by atoms with Gasteiger partial charge in [-0.2, -0.15) is 0 Å². The third-order valence-corrected chi connectivity index (χ3v) is 3.07. The van der Waals surface area contributed by atoms with Crippen LogP contribution in [0, 0.1) is 0 Å². The van der Waals surface area contributed by atoms with Gasteiger partial charge >= 0.3 is 0 Å². The first kappa shape index (κ1) is 13.2. The lowest BCUT2D eigenvalue weighted by Crippen LogP contribution is -2.20. The molecule has 1 heteroatoms. The lowest BCUT2D eigenvalue weighted by molar-refractivity contribution is 0.341. The van der Waals surface area contributed by atoms with E-state index in [9.17, 15) is 0 Å². The minimum absolute atomic E-state index is 0.848. The zero-order valence-electron chi connectivity index (χ0n) is 11.1. The van der Waals surface area contributed by atoms with Crippen molar-refractivity contribution in [2.75, 3.05) is 0 Å². The van der Waals surface area contributed by atoms with Crippen LogP contribution in [0.15, 0.2) is 85.6 Å². The smallest absolute Gasteiger partial charge is 0.0433 e. The highest BCUT2D eigenvalue weighted by atomic mass is 15.1. The number of nitrogens with zero attached hydrogens (tertiary/aromatic N) is 1. The van der Waals surface area contributed by atoms with Crippen LogP contribution in [-0.2, 0) is 13.1 Å². The number of hydrogen-bond donors (Lipinski definition) is 0. The summed E-state index contributed by atoms with van der Waals surface area (Å²) in [6.07, 6.45) is 1.81. The molecule has 0 radical (unpaired) electrons. The SMILES string of the molecule is C=CC(=C)N(Cc1ccccc1)Cc1ccccc1. The van der Waals surface area contributed by atoms with E-state index in [-0.39, 0.29) is 0 Å². The van der Waals surface area contributed by atoms with Crippen LogP contribution in [0.3, 0.4) is 0 Å². The third kappa shape index (κ3) is 3.85. The van der Waals surface area contributed by atoms with Gasteiger partial charge < -0.3 is 4.90 Å². The van der Waals surface area contributed by atoms with Gasteiger partial charge in [0.15, 0.2) is 0 Å². The molecule has 0 aliphatic heterocycles. The molecule has 19 heavy (non-hydrogen) atoms. The van der Waals surface area contributed by atoms with E-state index in [4.69, 9.17) is 0 Å². The van der Waals surface area contributed by atoms with Crippen LogP contribution in [0.1, 0.15) is 11.1 Å². The molecule has 2 aromatic rings. The monoisotopic (exact) mass is 249 g/mol. The van der Waals surface area contributed by atoms with Crippen molar-refractivity contribution < 1.29 is 0 Å². The van der Waals surface area contributed by atoms with Gasteiger partial charge in [0.25, 0.3) is 0 Å². The Kier molecular flexibility index (Phi) is 4.57. The highest BCUT2D eigenvalue weighted by Crippen LogP contribution is 2.15. The molecule has 0 amide bonds. The van der Waals surface area contributed by atoms with Crippen molar-refractivity contribution in [2.24, 2.45) is 0 Å². The topological polar surface area (TPSA) is 3.24 Å². The minimum atomic E-state index is 0.848. The average Bonchev–Trinajstić information content (AvgIpc) is 2.48. The van der Waals surface area contributed by atoms with E-state index in [1.54, 1.807) is 0 Å². The van der Waals surface area contributed by atoms with E-state index in [2.05, 4.69) is 66.6 Å². The second-order valence-corrected chi connectivity index (χ2v) is 4.52. The van der Waals surface area contributed by atoms with Crippen molar-refractivity contribution in [1.29, 1.82) is 0 Å². The Bertz CT molecular complexity index is 487. The van der Waals surface area contributed by atoms with Crippen molar-refractivity contribution in [3.63, 3.8) is 0 Å². The quantitative estimate of drug-likeness (QED) is 0.686. The summed E-state index contributed by atoms with van der Waals surface area (Å²) in [6.45, 7) is 9.59. The first-order valence-corrected chi connectivity index (χ1v) is 6.44. The molecule has 0 saturated carbocycles. The molecule has 0 spiro atoms. The molecule has 0 aliphatic carbocycles. The van der Waals surface area contributed by atoms with Crippen molar-refractivity contribution >= 4 is 0 Å². The van der Waals surface area contributed by atoms with Crippen LogP contribution in [0.25, 0.3) is 0 Å². The lowest BCUT2D eigenvalue weighted by atomic mass is 10.1. The first-order chi connectivity index (χ1) is 9.29. The van der Waals surface area contributed by atoms with Gasteiger partial charge in [-0.3, -0.25) is 0 Å². The Morgan fingerprint density at radius 2 is 1.26 bits per heavy atom. The fourth-order valence-electron chi connectivity index (χ4n) is 2.00. The summed E-state index contributed by atoms with van der Waals surface area (Å²) in [5.41, 5.74) is 3.51. The van der Waals surface area contributed by atoms with Gasteiger partial charge in [0.05, 0.1) is 0 Å². The van der Waals surface area contributed by atoms with Crippen LogP contribution in [0.5, 0.6) is 0 Å². The van der Waals surface area contributed by atoms with Gasteiger partial charge in [-0.25, -0.2) is 0 Å². The summed E-state index contributed by atoms with van der Waals surface area (Å²) >= 11 is 0.